The van der Waals surface area contributed by atoms with Crippen molar-refractivity contribution in [1.82, 2.24) is 10.2 Å². The first-order valence-electron chi connectivity index (χ1n) is 6.79. The molecule has 1 fully saturated rings. The first-order valence-corrected chi connectivity index (χ1v) is 7.59. The van der Waals surface area contributed by atoms with Gasteiger partial charge in [-0.2, -0.15) is 0 Å². The van der Waals surface area contributed by atoms with Crippen LogP contribution in [0.4, 0.5) is 0 Å². The van der Waals surface area contributed by atoms with Crippen LogP contribution in [0.15, 0.2) is 22.7 Å². The molecule has 1 unspecified atom stereocenters. The van der Waals surface area contributed by atoms with Crippen LogP contribution < -0.4 is 5.32 Å². The molecule has 3 heteroatoms. The van der Waals surface area contributed by atoms with Crippen molar-refractivity contribution in [2.75, 3.05) is 33.2 Å². The predicted octanol–water partition coefficient (Wildman–Crippen LogP) is 2.84. The number of aryl methyl sites for hydroxylation is 1. The molecule has 1 aliphatic heterocycles. The molecular formula is C15H23BrN2. The first-order chi connectivity index (χ1) is 8.65. The van der Waals surface area contributed by atoms with Gasteiger partial charge in [-0.15, -0.1) is 0 Å². The fraction of sp³-hybridized carbons (Fsp3) is 0.600. The number of rotatable bonds is 5. The molecule has 18 heavy (non-hydrogen) atoms. The van der Waals surface area contributed by atoms with Gasteiger partial charge in [-0.25, -0.2) is 0 Å². The molecule has 2 nitrogen and oxygen atoms in total. The van der Waals surface area contributed by atoms with E-state index in [1.807, 2.05) is 0 Å². The summed E-state index contributed by atoms with van der Waals surface area (Å²) in [5.41, 5.74) is 2.86. The van der Waals surface area contributed by atoms with Gasteiger partial charge in [0.15, 0.2) is 0 Å². The Balaban J connectivity index is 1.81. The van der Waals surface area contributed by atoms with E-state index in [0.717, 1.165) is 18.9 Å². The summed E-state index contributed by atoms with van der Waals surface area (Å²) in [5.74, 6) is 0.846. The van der Waals surface area contributed by atoms with E-state index in [1.54, 1.807) is 0 Å². The van der Waals surface area contributed by atoms with Crippen LogP contribution in [0, 0.1) is 12.8 Å². The van der Waals surface area contributed by atoms with Gasteiger partial charge in [0.2, 0.25) is 0 Å². The zero-order valence-electron chi connectivity index (χ0n) is 11.4. The molecule has 0 radical (unpaired) electrons. The third kappa shape index (κ3) is 4.08. The first kappa shape index (κ1) is 14.0. The smallest absolute Gasteiger partial charge is 0.0178 e. The van der Waals surface area contributed by atoms with Gasteiger partial charge >= 0.3 is 0 Å². The Kier molecular flexibility index (Phi) is 5.22. The number of likely N-dealkylation sites (N-methyl/N-ethyl adjacent to an activating group) is 1. The fourth-order valence-corrected chi connectivity index (χ4v) is 3.03. The van der Waals surface area contributed by atoms with Gasteiger partial charge < -0.3 is 10.2 Å². The maximum absolute atomic E-state index is 3.55. The molecular weight excluding hydrogens is 288 g/mol. The normalized spacial score (nSPS) is 19.7. The minimum atomic E-state index is 0.846. The van der Waals surface area contributed by atoms with Crippen LogP contribution in [0.25, 0.3) is 0 Å². The number of hydrogen-bond donors (Lipinski definition) is 1. The van der Waals surface area contributed by atoms with E-state index in [-0.39, 0.29) is 0 Å². The molecule has 1 saturated heterocycles. The third-order valence-electron chi connectivity index (χ3n) is 3.81. The van der Waals surface area contributed by atoms with Crippen molar-refractivity contribution < 1.29 is 0 Å². The van der Waals surface area contributed by atoms with E-state index in [0.29, 0.717) is 0 Å². The summed E-state index contributed by atoms with van der Waals surface area (Å²) in [5, 5.41) is 3.44. The number of nitrogens with one attached hydrogen (secondary N) is 1. The van der Waals surface area contributed by atoms with E-state index in [4.69, 9.17) is 0 Å². The highest BCUT2D eigenvalue weighted by Crippen LogP contribution is 2.17. The molecule has 1 aromatic rings. The molecule has 0 spiro atoms. The van der Waals surface area contributed by atoms with Gasteiger partial charge in [0.05, 0.1) is 0 Å². The van der Waals surface area contributed by atoms with E-state index < -0.39 is 0 Å². The van der Waals surface area contributed by atoms with Gasteiger partial charge in [-0.3, -0.25) is 0 Å². The summed E-state index contributed by atoms with van der Waals surface area (Å²) >= 11 is 3.55. The topological polar surface area (TPSA) is 15.3 Å². The van der Waals surface area contributed by atoms with Crippen molar-refractivity contribution in [3.8, 4) is 0 Å². The highest BCUT2D eigenvalue weighted by atomic mass is 79.9. The quantitative estimate of drug-likeness (QED) is 0.899. The highest BCUT2D eigenvalue weighted by Gasteiger charge is 2.16. The maximum Gasteiger partial charge on any atom is 0.0178 e. The standard InChI is InChI=1S/C15H23BrN2/c1-12-3-4-15(16)9-14(12)6-8-18(2)11-13-5-7-17-10-13/h3-4,9,13,17H,5-8,10-11H2,1-2H3. The Hall–Kier alpha value is -0.380. The Morgan fingerprint density at radius 3 is 3.00 bits per heavy atom. The Labute approximate surface area is 119 Å². The average molecular weight is 311 g/mol. The van der Waals surface area contributed by atoms with Gasteiger partial charge in [-0.1, -0.05) is 22.0 Å². The zero-order valence-corrected chi connectivity index (χ0v) is 13.0. The lowest BCUT2D eigenvalue weighted by molar-refractivity contribution is 0.288. The van der Waals surface area contributed by atoms with Gasteiger partial charge in [0.25, 0.3) is 0 Å². The summed E-state index contributed by atoms with van der Waals surface area (Å²) in [4.78, 5) is 2.47. The zero-order chi connectivity index (χ0) is 13.0. The van der Waals surface area contributed by atoms with Crippen molar-refractivity contribution in [2.45, 2.75) is 19.8 Å². The molecule has 1 heterocycles. The minimum absolute atomic E-state index is 0.846. The molecule has 0 aromatic heterocycles. The van der Waals surface area contributed by atoms with Crippen LogP contribution >= 0.6 is 15.9 Å². The lowest BCUT2D eigenvalue weighted by Gasteiger charge is -2.20. The summed E-state index contributed by atoms with van der Waals surface area (Å²) < 4.78 is 1.19. The van der Waals surface area contributed by atoms with Crippen LogP contribution in [0.2, 0.25) is 0 Å². The van der Waals surface area contributed by atoms with Gasteiger partial charge in [0, 0.05) is 17.6 Å². The molecule has 1 atom stereocenters. The molecule has 100 valence electrons. The van der Waals surface area contributed by atoms with Crippen LogP contribution in [0.1, 0.15) is 17.5 Å². The van der Waals surface area contributed by atoms with Crippen molar-refractivity contribution in [1.29, 1.82) is 0 Å². The van der Waals surface area contributed by atoms with Crippen LogP contribution in [0.3, 0.4) is 0 Å². The van der Waals surface area contributed by atoms with E-state index in [1.165, 1.54) is 41.7 Å². The van der Waals surface area contributed by atoms with Crippen molar-refractivity contribution in [2.24, 2.45) is 5.92 Å². The number of nitrogens with zero attached hydrogens (tertiary/aromatic N) is 1. The molecule has 0 bridgehead atoms. The molecule has 1 aliphatic rings. The van der Waals surface area contributed by atoms with Crippen molar-refractivity contribution in [3.63, 3.8) is 0 Å². The lowest BCUT2D eigenvalue weighted by Crippen LogP contribution is -2.28. The Morgan fingerprint density at radius 1 is 1.44 bits per heavy atom. The lowest BCUT2D eigenvalue weighted by atomic mass is 10.0. The second-order valence-corrected chi connectivity index (χ2v) is 6.36. The molecule has 1 aromatic carbocycles. The molecule has 0 saturated carbocycles. The summed E-state index contributed by atoms with van der Waals surface area (Å²) in [7, 11) is 2.24. The summed E-state index contributed by atoms with van der Waals surface area (Å²) in [6.45, 7) is 6.96. The van der Waals surface area contributed by atoms with Gasteiger partial charge in [0.1, 0.15) is 0 Å². The second-order valence-electron chi connectivity index (χ2n) is 5.44. The summed E-state index contributed by atoms with van der Waals surface area (Å²) in [6, 6.07) is 6.56. The number of benzene rings is 1. The van der Waals surface area contributed by atoms with Crippen molar-refractivity contribution >= 4 is 15.9 Å². The molecule has 2 rings (SSSR count). The fourth-order valence-electron chi connectivity index (χ4n) is 2.62. The molecule has 1 N–H and O–H groups in total. The SMILES string of the molecule is Cc1ccc(Br)cc1CCN(C)CC1CCNC1. The predicted molar refractivity (Wildman–Crippen MR) is 81.1 cm³/mol. The third-order valence-corrected chi connectivity index (χ3v) is 4.30. The van der Waals surface area contributed by atoms with E-state index in [2.05, 4.69) is 58.3 Å². The van der Waals surface area contributed by atoms with Crippen LogP contribution in [-0.4, -0.2) is 38.1 Å². The number of halogens is 1. The minimum Gasteiger partial charge on any atom is -0.316 e. The van der Waals surface area contributed by atoms with E-state index in [9.17, 15) is 0 Å². The molecule has 0 amide bonds. The second kappa shape index (κ2) is 6.69. The van der Waals surface area contributed by atoms with E-state index >= 15 is 0 Å². The number of hydrogen-bond acceptors (Lipinski definition) is 2. The summed E-state index contributed by atoms with van der Waals surface area (Å²) in [6.07, 6.45) is 2.47. The monoisotopic (exact) mass is 310 g/mol. The van der Waals surface area contributed by atoms with Crippen molar-refractivity contribution in [3.05, 3.63) is 33.8 Å². The Morgan fingerprint density at radius 2 is 2.28 bits per heavy atom. The average Bonchev–Trinajstić information content (AvgIpc) is 2.83. The van der Waals surface area contributed by atoms with Crippen LogP contribution in [0.5, 0.6) is 0 Å². The van der Waals surface area contributed by atoms with Gasteiger partial charge in [-0.05, 0) is 69.1 Å². The largest absolute Gasteiger partial charge is 0.316 e. The molecule has 0 aliphatic carbocycles. The highest BCUT2D eigenvalue weighted by molar-refractivity contribution is 9.10. The maximum atomic E-state index is 3.55. The van der Waals surface area contributed by atoms with Crippen LogP contribution in [-0.2, 0) is 6.42 Å². The Bertz CT molecular complexity index is 386.